The quantitative estimate of drug-likeness (QED) is 0.829. The third-order valence-corrected chi connectivity index (χ3v) is 5.98. The van der Waals surface area contributed by atoms with Crippen LogP contribution in [-0.2, 0) is 16.1 Å². The molecule has 148 valence electrons. The molecule has 7 heteroatoms. The van der Waals surface area contributed by atoms with E-state index in [-0.39, 0.29) is 23.8 Å². The van der Waals surface area contributed by atoms with Crippen molar-refractivity contribution in [2.24, 2.45) is 0 Å². The second kappa shape index (κ2) is 8.65. The Morgan fingerprint density at radius 2 is 1.89 bits per heavy atom. The maximum absolute atomic E-state index is 13.2. The number of amides is 1. The summed E-state index contributed by atoms with van der Waals surface area (Å²) in [6, 6.07) is 7.27. The van der Waals surface area contributed by atoms with Crippen LogP contribution in [0, 0.1) is 5.82 Å². The normalized spacial score (nSPS) is 29.8. The smallest absolute Gasteiger partial charge is 0.241 e. The van der Waals surface area contributed by atoms with Gasteiger partial charge in [-0.2, -0.15) is 0 Å². The van der Waals surface area contributed by atoms with Crippen molar-refractivity contribution in [3.63, 3.8) is 0 Å². The predicted octanol–water partition coefficient (Wildman–Crippen LogP) is 1.27. The highest BCUT2D eigenvalue weighted by molar-refractivity contribution is 5.82. The zero-order valence-electron chi connectivity index (χ0n) is 15.7. The van der Waals surface area contributed by atoms with Crippen LogP contribution < -0.4 is 10.9 Å². The summed E-state index contributed by atoms with van der Waals surface area (Å²) in [5.41, 5.74) is 7.76. The average Bonchev–Trinajstić information content (AvgIpc) is 3.20. The van der Waals surface area contributed by atoms with E-state index in [2.05, 4.69) is 15.8 Å². The van der Waals surface area contributed by atoms with Crippen molar-refractivity contribution in [1.82, 2.24) is 20.7 Å². The lowest BCUT2D eigenvalue weighted by Gasteiger charge is -2.39. The fourth-order valence-corrected chi connectivity index (χ4v) is 4.49. The zero-order chi connectivity index (χ0) is 18.6. The van der Waals surface area contributed by atoms with Crippen LogP contribution in [0.15, 0.2) is 24.3 Å². The minimum absolute atomic E-state index is 0.164. The van der Waals surface area contributed by atoms with Gasteiger partial charge in [-0.15, -0.1) is 0 Å². The fraction of sp³-hybridized carbons (Fsp3) is 0.650. The van der Waals surface area contributed by atoms with E-state index in [0.717, 1.165) is 31.5 Å². The number of carbonyl (C=O) groups excluding carboxylic acids is 1. The van der Waals surface area contributed by atoms with Crippen molar-refractivity contribution in [3.05, 3.63) is 35.6 Å². The number of morpholine rings is 1. The lowest BCUT2D eigenvalue weighted by molar-refractivity contribution is -0.137. The van der Waals surface area contributed by atoms with Gasteiger partial charge >= 0.3 is 0 Å². The maximum atomic E-state index is 13.2. The van der Waals surface area contributed by atoms with E-state index in [1.54, 1.807) is 0 Å². The predicted molar refractivity (Wildman–Crippen MR) is 100 cm³/mol. The first-order chi connectivity index (χ1) is 13.2. The highest BCUT2D eigenvalue weighted by Crippen LogP contribution is 2.26. The Balaban J connectivity index is 1.37. The van der Waals surface area contributed by atoms with Crippen molar-refractivity contribution in [2.45, 2.75) is 50.4 Å². The Morgan fingerprint density at radius 1 is 1.11 bits per heavy atom. The number of rotatable bonds is 4. The molecule has 0 radical (unpaired) electrons. The summed E-state index contributed by atoms with van der Waals surface area (Å²) >= 11 is 0. The topological polar surface area (TPSA) is 56.8 Å². The molecule has 0 aliphatic carbocycles. The first kappa shape index (κ1) is 18.8. The molecule has 0 spiro atoms. The number of ether oxygens (including phenoxy) is 1. The van der Waals surface area contributed by atoms with Gasteiger partial charge in [0.25, 0.3) is 0 Å². The molecule has 3 unspecified atom stereocenters. The Kier molecular flexibility index (Phi) is 6.02. The van der Waals surface area contributed by atoms with Gasteiger partial charge in [-0.05, 0) is 43.5 Å². The van der Waals surface area contributed by atoms with E-state index in [1.165, 1.54) is 25.0 Å². The summed E-state index contributed by atoms with van der Waals surface area (Å²) in [5.74, 6) is -0.0192. The number of nitrogens with one attached hydrogen (secondary N) is 2. The minimum atomic E-state index is -0.194. The van der Waals surface area contributed by atoms with E-state index in [0.29, 0.717) is 32.3 Å². The first-order valence-electron chi connectivity index (χ1n) is 10.1. The molecule has 6 nitrogen and oxygen atoms in total. The standard InChI is InChI=1S/C20H29FN4O2/c21-16-6-4-15(5-7-16)14-25-8-2-1-3-19(25)17-13-18(23-22-17)20(26)24-9-11-27-12-10-24/h4-7,17-19,22-23H,1-3,8-14H2. The molecule has 3 heterocycles. The molecule has 0 aromatic heterocycles. The Bertz CT molecular complexity index is 635. The molecule has 3 fully saturated rings. The second-order valence-corrected chi connectivity index (χ2v) is 7.78. The van der Waals surface area contributed by atoms with Gasteiger partial charge in [-0.25, -0.2) is 9.82 Å². The van der Waals surface area contributed by atoms with Gasteiger partial charge in [0.2, 0.25) is 5.91 Å². The Hall–Kier alpha value is -1.54. The van der Waals surface area contributed by atoms with Crippen molar-refractivity contribution in [1.29, 1.82) is 0 Å². The molecule has 0 bridgehead atoms. The molecule has 1 aromatic rings. The number of likely N-dealkylation sites (tertiary alicyclic amines) is 1. The summed E-state index contributed by atoms with van der Waals surface area (Å²) in [4.78, 5) is 17.1. The number of halogens is 1. The molecular weight excluding hydrogens is 347 g/mol. The Morgan fingerprint density at radius 3 is 2.67 bits per heavy atom. The van der Waals surface area contributed by atoms with Gasteiger partial charge in [0.1, 0.15) is 11.9 Å². The third-order valence-electron chi connectivity index (χ3n) is 5.98. The molecular formula is C20H29FN4O2. The third kappa shape index (κ3) is 4.48. The Labute approximate surface area is 160 Å². The number of benzene rings is 1. The molecule has 3 aliphatic heterocycles. The second-order valence-electron chi connectivity index (χ2n) is 7.78. The van der Waals surface area contributed by atoms with Crippen LogP contribution in [0.5, 0.6) is 0 Å². The molecule has 3 aliphatic rings. The van der Waals surface area contributed by atoms with Crippen molar-refractivity contribution in [3.8, 4) is 0 Å². The van der Waals surface area contributed by atoms with Crippen molar-refractivity contribution in [2.75, 3.05) is 32.8 Å². The van der Waals surface area contributed by atoms with Gasteiger partial charge in [0.15, 0.2) is 0 Å². The van der Waals surface area contributed by atoms with E-state index in [4.69, 9.17) is 4.74 Å². The molecule has 0 saturated carbocycles. The highest BCUT2D eigenvalue weighted by Gasteiger charge is 2.39. The summed E-state index contributed by atoms with van der Waals surface area (Å²) in [6.07, 6.45) is 4.33. The molecule has 1 amide bonds. The summed E-state index contributed by atoms with van der Waals surface area (Å²) in [6.45, 7) is 4.49. The lowest BCUT2D eigenvalue weighted by atomic mass is 9.92. The van der Waals surface area contributed by atoms with Crippen molar-refractivity contribution < 1.29 is 13.9 Å². The van der Waals surface area contributed by atoms with Crippen LogP contribution in [-0.4, -0.2) is 66.7 Å². The lowest BCUT2D eigenvalue weighted by Crippen LogP contribution is -2.51. The van der Waals surface area contributed by atoms with Crippen LogP contribution in [0.4, 0.5) is 4.39 Å². The molecule has 4 rings (SSSR count). The number of hydrogen-bond acceptors (Lipinski definition) is 5. The average molecular weight is 376 g/mol. The zero-order valence-corrected chi connectivity index (χ0v) is 15.7. The number of carbonyl (C=O) groups is 1. The SMILES string of the molecule is O=C(C1CC(C2CCCCN2Cc2ccc(F)cc2)NN1)N1CCOCC1. The van der Waals surface area contributed by atoms with Gasteiger partial charge < -0.3 is 9.64 Å². The molecule has 3 saturated heterocycles. The minimum Gasteiger partial charge on any atom is -0.378 e. The maximum Gasteiger partial charge on any atom is 0.241 e. The van der Waals surface area contributed by atoms with E-state index < -0.39 is 0 Å². The number of hydrogen-bond donors (Lipinski definition) is 2. The monoisotopic (exact) mass is 376 g/mol. The van der Waals surface area contributed by atoms with Gasteiger partial charge in [-0.1, -0.05) is 18.6 Å². The van der Waals surface area contributed by atoms with E-state index >= 15 is 0 Å². The first-order valence-corrected chi connectivity index (χ1v) is 10.1. The molecule has 27 heavy (non-hydrogen) atoms. The molecule has 3 atom stereocenters. The van der Waals surface area contributed by atoms with Crippen LogP contribution in [0.1, 0.15) is 31.2 Å². The van der Waals surface area contributed by atoms with Gasteiger partial charge in [-0.3, -0.25) is 15.1 Å². The summed E-state index contributed by atoms with van der Waals surface area (Å²) < 4.78 is 18.5. The van der Waals surface area contributed by atoms with Crippen LogP contribution in [0.3, 0.4) is 0 Å². The van der Waals surface area contributed by atoms with Crippen LogP contribution in [0.2, 0.25) is 0 Å². The largest absolute Gasteiger partial charge is 0.378 e. The van der Waals surface area contributed by atoms with E-state index in [1.807, 2.05) is 17.0 Å². The summed E-state index contributed by atoms with van der Waals surface area (Å²) in [5, 5.41) is 0. The highest BCUT2D eigenvalue weighted by atomic mass is 19.1. The summed E-state index contributed by atoms with van der Waals surface area (Å²) in [7, 11) is 0. The van der Waals surface area contributed by atoms with Gasteiger partial charge in [0.05, 0.1) is 13.2 Å². The van der Waals surface area contributed by atoms with E-state index in [9.17, 15) is 9.18 Å². The number of nitrogens with zero attached hydrogens (tertiary/aromatic N) is 2. The van der Waals surface area contributed by atoms with Crippen molar-refractivity contribution >= 4 is 5.91 Å². The fourth-order valence-electron chi connectivity index (χ4n) is 4.49. The number of hydrazine groups is 1. The number of piperidine rings is 1. The van der Waals surface area contributed by atoms with Crippen LogP contribution >= 0.6 is 0 Å². The molecule has 1 aromatic carbocycles. The molecule has 2 N–H and O–H groups in total. The van der Waals surface area contributed by atoms with Crippen LogP contribution in [0.25, 0.3) is 0 Å². The van der Waals surface area contributed by atoms with Gasteiger partial charge in [0, 0.05) is 31.7 Å².